The van der Waals surface area contributed by atoms with Crippen LogP contribution >= 0.6 is 0 Å². The van der Waals surface area contributed by atoms with Gasteiger partial charge in [-0.1, -0.05) is 0 Å². The quantitative estimate of drug-likeness (QED) is 0.870. The SMILES string of the molecule is O=C(CCOC1CCNCC1)NC1CCCc2occc21. The first-order valence-corrected chi connectivity index (χ1v) is 8.01. The topological polar surface area (TPSA) is 63.5 Å². The Balaban J connectivity index is 1.40. The van der Waals surface area contributed by atoms with Gasteiger partial charge in [-0.05, 0) is 44.8 Å². The van der Waals surface area contributed by atoms with Crippen molar-refractivity contribution >= 4 is 5.91 Å². The van der Waals surface area contributed by atoms with Crippen molar-refractivity contribution in [3.8, 4) is 0 Å². The summed E-state index contributed by atoms with van der Waals surface area (Å²) in [6.45, 7) is 2.55. The van der Waals surface area contributed by atoms with E-state index in [-0.39, 0.29) is 11.9 Å². The maximum Gasteiger partial charge on any atom is 0.222 e. The average molecular weight is 292 g/mol. The molecular weight excluding hydrogens is 268 g/mol. The third-order valence-electron chi connectivity index (χ3n) is 4.36. The molecule has 1 fully saturated rings. The van der Waals surface area contributed by atoms with Gasteiger partial charge in [0.25, 0.3) is 0 Å². The van der Waals surface area contributed by atoms with Crippen LogP contribution in [0.1, 0.15) is 49.5 Å². The summed E-state index contributed by atoms with van der Waals surface area (Å²) in [6, 6.07) is 2.09. The van der Waals surface area contributed by atoms with E-state index in [2.05, 4.69) is 10.6 Å². The normalized spacial score (nSPS) is 22.8. The number of nitrogens with one attached hydrogen (secondary N) is 2. The highest BCUT2D eigenvalue weighted by molar-refractivity contribution is 5.76. The molecule has 2 heterocycles. The number of hydrogen-bond donors (Lipinski definition) is 2. The minimum atomic E-state index is 0.0722. The summed E-state index contributed by atoms with van der Waals surface area (Å²) in [6.07, 6.45) is 7.60. The molecule has 2 aliphatic rings. The highest BCUT2D eigenvalue weighted by atomic mass is 16.5. The van der Waals surface area contributed by atoms with Gasteiger partial charge < -0.3 is 19.8 Å². The number of carbonyl (C=O) groups excluding carboxylic acids is 1. The summed E-state index contributed by atoms with van der Waals surface area (Å²) < 4.78 is 11.2. The van der Waals surface area contributed by atoms with Crippen molar-refractivity contribution in [2.45, 2.75) is 50.7 Å². The number of amides is 1. The van der Waals surface area contributed by atoms with E-state index in [1.54, 1.807) is 6.26 Å². The van der Waals surface area contributed by atoms with Crippen molar-refractivity contribution in [3.63, 3.8) is 0 Å². The largest absolute Gasteiger partial charge is 0.469 e. The van der Waals surface area contributed by atoms with Crippen LogP contribution in [0.2, 0.25) is 0 Å². The standard InChI is InChI=1S/C16H24N2O3/c19-16(7-11-20-12-4-8-17-9-5-12)18-14-2-1-3-15-13(14)6-10-21-15/h6,10,12,14,17H,1-5,7-9,11H2,(H,18,19). The Morgan fingerprint density at radius 1 is 1.38 bits per heavy atom. The molecule has 1 aromatic rings. The van der Waals surface area contributed by atoms with Crippen molar-refractivity contribution in [3.05, 3.63) is 23.7 Å². The lowest BCUT2D eigenvalue weighted by atomic mass is 9.93. The fourth-order valence-electron chi connectivity index (χ4n) is 3.18. The summed E-state index contributed by atoms with van der Waals surface area (Å²) in [7, 11) is 0. The smallest absolute Gasteiger partial charge is 0.222 e. The van der Waals surface area contributed by atoms with Gasteiger partial charge in [-0.25, -0.2) is 0 Å². The molecule has 0 aromatic carbocycles. The number of piperidine rings is 1. The molecule has 1 aliphatic carbocycles. The number of aryl methyl sites for hydroxylation is 1. The zero-order chi connectivity index (χ0) is 14.5. The van der Waals surface area contributed by atoms with Crippen LogP contribution in [0.4, 0.5) is 0 Å². The van der Waals surface area contributed by atoms with Crippen LogP contribution in [-0.4, -0.2) is 31.7 Å². The number of hydrogen-bond acceptors (Lipinski definition) is 4. The monoisotopic (exact) mass is 292 g/mol. The van der Waals surface area contributed by atoms with Gasteiger partial charge in [-0.15, -0.1) is 0 Å². The number of furan rings is 1. The Bertz CT molecular complexity index is 466. The highest BCUT2D eigenvalue weighted by Gasteiger charge is 2.24. The summed E-state index contributed by atoms with van der Waals surface area (Å²) in [5.74, 6) is 1.10. The molecule has 1 aliphatic heterocycles. The van der Waals surface area contributed by atoms with Gasteiger partial charge in [0, 0.05) is 18.4 Å². The maximum atomic E-state index is 12.1. The lowest BCUT2D eigenvalue weighted by Crippen LogP contribution is -2.34. The van der Waals surface area contributed by atoms with E-state index in [4.69, 9.17) is 9.15 Å². The first-order valence-electron chi connectivity index (χ1n) is 8.01. The molecular formula is C16H24N2O3. The molecule has 0 spiro atoms. The predicted molar refractivity (Wildman–Crippen MR) is 79.0 cm³/mol. The molecule has 0 saturated carbocycles. The third kappa shape index (κ3) is 3.86. The van der Waals surface area contributed by atoms with E-state index in [0.29, 0.717) is 19.1 Å². The minimum absolute atomic E-state index is 0.0722. The van der Waals surface area contributed by atoms with Gasteiger partial charge in [-0.2, -0.15) is 0 Å². The highest BCUT2D eigenvalue weighted by Crippen LogP contribution is 2.30. The number of carbonyl (C=O) groups is 1. The lowest BCUT2D eigenvalue weighted by molar-refractivity contribution is -0.123. The van der Waals surface area contributed by atoms with Gasteiger partial charge in [0.05, 0.1) is 25.0 Å². The van der Waals surface area contributed by atoms with E-state index >= 15 is 0 Å². The first kappa shape index (κ1) is 14.6. The second-order valence-electron chi connectivity index (χ2n) is 5.88. The Morgan fingerprint density at radius 3 is 3.10 bits per heavy atom. The Morgan fingerprint density at radius 2 is 2.24 bits per heavy atom. The Labute approximate surface area is 125 Å². The number of ether oxygens (including phenoxy) is 1. The van der Waals surface area contributed by atoms with Crippen LogP contribution in [0.25, 0.3) is 0 Å². The molecule has 3 rings (SSSR count). The van der Waals surface area contributed by atoms with Crippen molar-refractivity contribution in [1.82, 2.24) is 10.6 Å². The van der Waals surface area contributed by atoms with Crippen LogP contribution in [0.15, 0.2) is 16.7 Å². The molecule has 1 unspecified atom stereocenters. The second kappa shape index (κ2) is 7.09. The Kier molecular flexibility index (Phi) is 4.93. The van der Waals surface area contributed by atoms with E-state index < -0.39 is 0 Å². The molecule has 5 nitrogen and oxygen atoms in total. The summed E-state index contributed by atoms with van der Waals surface area (Å²) in [5, 5.41) is 6.41. The van der Waals surface area contributed by atoms with Gasteiger partial charge in [0.15, 0.2) is 0 Å². The summed E-state index contributed by atoms with van der Waals surface area (Å²) >= 11 is 0. The lowest BCUT2D eigenvalue weighted by Gasteiger charge is -2.24. The van der Waals surface area contributed by atoms with Gasteiger partial charge in [-0.3, -0.25) is 4.79 Å². The molecule has 0 radical (unpaired) electrons. The number of fused-ring (bicyclic) bond motifs is 1. The summed E-state index contributed by atoms with van der Waals surface area (Å²) in [5.41, 5.74) is 1.15. The molecule has 21 heavy (non-hydrogen) atoms. The Hall–Kier alpha value is -1.33. The van der Waals surface area contributed by atoms with Crippen LogP contribution in [0.5, 0.6) is 0 Å². The van der Waals surface area contributed by atoms with Gasteiger partial charge >= 0.3 is 0 Å². The molecule has 1 amide bonds. The van der Waals surface area contributed by atoms with Crippen LogP contribution in [-0.2, 0) is 16.0 Å². The fourth-order valence-corrected chi connectivity index (χ4v) is 3.18. The second-order valence-corrected chi connectivity index (χ2v) is 5.88. The zero-order valence-electron chi connectivity index (χ0n) is 12.4. The summed E-state index contributed by atoms with van der Waals surface area (Å²) in [4.78, 5) is 12.1. The van der Waals surface area contributed by atoms with Gasteiger partial charge in [0.1, 0.15) is 5.76 Å². The van der Waals surface area contributed by atoms with Crippen LogP contribution in [0.3, 0.4) is 0 Å². The third-order valence-corrected chi connectivity index (χ3v) is 4.36. The van der Waals surface area contributed by atoms with E-state index in [9.17, 15) is 4.79 Å². The maximum absolute atomic E-state index is 12.1. The van der Waals surface area contributed by atoms with Crippen LogP contribution in [0, 0.1) is 0 Å². The first-order chi connectivity index (χ1) is 10.3. The molecule has 1 atom stereocenters. The molecule has 2 N–H and O–H groups in total. The van der Waals surface area contributed by atoms with Gasteiger partial charge in [0.2, 0.25) is 5.91 Å². The zero-order valence-corrected chi connectivity index (χ0v) is 12.4. The fraction of sp³-hybridized carbons (Fsp3) is 0.688. The van der Waals surface area contributed by atoms with E-state index in [1.807, 2.05) is 6.07 Å². The minimum Gasteiger partial charge on any atom is -0.469 e. The molecule has 1 saturated heterocycles. The molecule has 1 aromatic heterocycles. The molecule has 5 heteroatoms. The van der Waals surface area contributed by atoms with Crippen molar-refractivity contribution in [1.29, 1.82) is 0 Å². The van der Waals surface area contributed by atoms with Crippen LogP contribution < -0.4 is 10.6 Å². The van der Waals surface area contributed by atoms with Crippen molar-refractivity contribution in [2.24, 2.45) is 0 Å². The average Bonchev–Trinajstić information content (AvgIpc) is 2.98. The number of rotatable bonds is 5. The molecule has 0 bridgehead atoms. The van der Waals surface area contributed by atoms with Crippen molar-refractivity contribution < 1.29 is 13.9 Å². The van der Waals surface area contributed by atoms with Crippen molar-refractivity contribution in [2.75, 3.05) is 19.7 Å². The predicted octanol–water partition coefficient (Wildman–Crippen LogP) is 1.93. The van der Waals surface area contributed by atoms with E-state index in [1.165, 1.54) is 0 Å². The molecule has 116 valence electrons. The van der Waals surface area contributed by atoms with E-state index in [0.717, 1.165) is 56.5 Å².